The monoisotopic (exact) mass is 271 g/mol. The highest BCUT2D eigenvalue weighted by atomic mass is 16.3. The van der Waals surface area contributed by atoms with E-state index >= 15 is 0 Å². The summed E-state index contributed by atoms with van der Waals surface area (Å²) < 4.78 is 0. The molecule has 2 aliphatic carbocycles. The first-order chi connectivity index (χ1) is 9.62. The second kappa shape index (κ2) is 4.08. The van der Waals surface area contributed by atoms with Crippen LogP contribution in [0, 0.1) is 11.8 Å². The zero-order valence-electron chi connectivity index (χ0n) is 11.9. The lowest BCUT2D eigenvalue weighted by Crippen LogP contribution is -2.62. The summed E-state index contributed by atoms with van der Waals surface area (Å²) in [6, 6.07) is 6.27. The summed E-state index contributed by atoms with van der Waals surface area (Å²) in [5.41, 5.74) is 2.29. The van der Waals surface area contributed by atoms with Gasteiger partial charge in [-0.05, 0) is 48.4 Å². The summed E-state index contributed by atoms with van der Waals surface area (Å²) in [5, 5.41) is 13.9. The van der Waals surface area contributed by atoms with Crippen LogP contribution in [-0.4, -0.2) is 23.5 Å². The fourth-order valence-electron chi connectivity index (χ4n) is 5.30. The molecule has 20 heavy (non-hydrogen) atoms. The zero-order chi connectivity index (χ0) is 13.9. The van der Waals surface area contributed by atoms with Gasteiger partial charge >= 0.3 is 0 Å². The molecule has 4 atom stereocenters. The Bertz CT molecular complexity index is 582. The molecular weight excluding hydrogens is 250 g/mol. The van der Waals surface area contributed by atoms with Crippen molar-refractivity contribution >= 4 is 5.78 Å². The Balaban J connectivity index is 1.95. The van der Waals surface area contributed by atoms with E-state index in [1.165, 1.54) is 5.56 Å². The van der Waals surface area contributed by atoms with Gasteiger partial charge in [0.25, 0.3) is 0 Å². The van der Waals surface area contributed by atoms with E-state index in [1.807, 2.05) is 6.07 Å². The second-order valence-electron chi connectivity index (χ2n) is 6.90. The van der Waals surface area contributed by atoms with Crippen molar-refractivity contribution in [2.24, 2.45) is 11.8 Å². The number of Topliss-reactive ketones (excluding diaryl/α,β-unsaturated/α-hetero) is 1. The highest BCUT2D eigenvalue weighted by molar-refractivity contribution is 5.82. The molecule has 2 bridgehead atoms. The van der Waals surface area contributed by atoms with Gasteiger partial charge in [-0.25, -0.2) is 0 Å². The molecule has 0 spiro atoms. The molecule has 0 aromatic heterocycles. The Morgan fingerprint density at radius 1 is 1.35 bits per heavy atom. The summed E-state index contributed by atoms with van der Waals surface area (Å²) in [6.07, 6.45) is 3.29. The molecule has 1 aliphatic heterocycles. The van der Waals surface area contributed by atoms with Gasteiger partial charge < -0.3 is 10.4 Å². The molecule has 0 amide bonds. The van der Waals surface area contributed by atoms with Crippen LogP contribution in [-0.2, 0) is 16.6 Å². The number of ketones is 1. The highest BCUT2D eigenvalue weighted by Crippen LogP contribution is 2.55. The van der Waals surface area contributed by atoms with E-state index in [0.717, 1.165) is 31.4 Å². The Kier molecular flexibility index (Phi) is 2.53. The van der Waals surface area contributed by atoms with Crippen LogP contribution in [0.15, 0.2) is 18.2 Å². The van der Waals surface area contributed by atoms with Gasteiger partial charge in [-0.2, -0.15) is 0 Å². The summed E-state index contributed by atoms with van der Waals surface area (Å²) in [4.78, 5) is 12.2. The van der Waals surface area contributed by atoms with Crippen molar-refractivity contribution in [2.75, 3.05) is 6.54 Å². The molecule has 4 rings (SSSR count). The summed E-state index contributed by atoms with van der Waals surface area (Å²) in [7, 11) is 0. The third-order valence-corrected chi connectivity index (χ3v) is 5.84. The molecule has 1 heterocycles. The number of phenolic OH excluding ortho intramolecular Hbond substituents is 1. The predicted octanol–water partition coefficient (Wildman–Crippen LogP) is 2.16. The zero-order valence-corrected chi connectivity index (χ0v) is 11.9. The van der Waals surface area contributed by atoms with Crippen LogP contribution in [0.1, 0.15) is 37.3 Å². The van der Waals surface area contributed by atoms with Gasteiger partial charge in [-0.15, -0.1) is 0 Å². The SMILES string of the molecule is C[C@H]1CC(=O)C[C@]23CCN[C@H](Cc4c(O)cccc42)[C@H]13. The van der Waals surface area contributed by atoms with E-state index in [9.17, 15) is 9.90 Å². The molecule has 2 fully saturated rings. The van der Waals surface area contributed by atoms with Gasteiger partial charge in [0.2, 0.25) is 0 Å². The summed E-state index contributed by atoms with van der Waals surface area (Å²) in [6.45, 7) is 3.21. The minimum atomic E-state index is -0.0308. The number of hydrogen-bond acceptors (Lipinski definition) is 3. The topological polar surface area (TPSA) is 49.3 Å². The molecule has 0 radical (unpaired) electrons. The van der Waals surface area contributed by atoms with Crippen LogP contribution >= 0.6 is 0 Å². The van der Waals surface area contributed by atoms with Crippen molar-refractivity contribution < 1.29 is 9.90 Å². The predicted molar refractivity (Wildman–Crippen MR) is 76.8 cm³/mol. The maximum Gasteiger partial charge on any atom is 0.134 e. The van der Waals surface area contributed by atoms with Gasteiger partial charge in [0, 0.05) is 24.3 Å². The number of aromatic hydroxyl groups is 1. The van der Waals surface area contributed by atoms with Gasteiger partial charge in [-0.1, -0.05) is 19.1 Å². The fourth-order valence-corrected chi connectivity index (χ4v) is 5.30. The van der Waals surface area contributed by atoms with Crippen LogP contribution in [0.25, 0.3) is 0 Å². The molecule has 3 aliphatic rings. The summed E-state index contributed by atoms with van der Waals surface area (Å²) >= 11 is 0. The maximum absolute atomic E-state index is 12.2. The molecule has 1 aromatic rings. The number of nitrogens with one attached hydrogen (secondary N) is 1. The quantitative estimate of drug-likeness (QED) is 0.760. The first-order valence-corrected chi connectivity index (χ1v) is 7.68. The molecule has 3 nitrogen and oxygen atoms in total. The lowest BCUT2D eigenvalue weighted by molar-refractivity contribution is -0.127. The van der Waals surface area contributed by atoms with Crippen molar-refractivity contribution in [3.63, 3.8) is 0 Å². The van der Waals surface area contributed by atoms with Crippen LogP contribution in [0.5, 0.6) is 5.75 Å². The average molecular weight is 271 g/mol. The lowest BCUT2D eigenvalue weighted by atomic mass is 9.50. The number of piperidine rings is 1. The van der Waals surface area contributed by atoms with Gasteiger partial charge in [0.15, 0.2) is 0 Å². The van der Waals surface area contributed by atoms with Gasteiger partial charge in [0.05, 0.1) is 0 Å². The Morgan fingerprint density at radius 3 is 3.05 bits per heavy atom. The molecule has 106 valence electrons. The van der Waals surface area contributed by atoms with E-state index < -0.39 is 0 Å². The molecular formula is C17H21NO2. The third kappa shape index (κ3) is 1.47. The Hall–Kier alpha value is -1.35. The number of carbonyl (C=O) groups excluding carboxylic acids is 1. The van der Waals surface area contributed by atoms with Crippen molar-refractivity contribution in [3.8, 4) is 5.75 Å². The first kappa shape index (κ1) is 12.4. The van der Waals surface area contributed by atoms with Gasteiger partial charge in [0.1, 0.15) is 11.5 Å². The smallest absolute Gasteiger partial charge is 0.134 e. The van der Waals surface area contributed by atoms with Crippen molar-refractivity contribution in [1.82, 2.24) is 5.32 Å². The minimum absolute atomic E-state index is 0.0308. The number of carbonyl (C=O) groups is 1. The van der Waals surface area contributed by atoms with Crippen LogP contribution in [0.2, 0.25) is 0 Å². The molecule has 1 saturated heterocycles. The van der Waals surface area contributed by atoms with E-state index in [1.54, 1.807) is 6.07 Å². The van der Waals surface area contributed by atoms with E-state index in [4.69, 9.17) is 0 Å². The number of fused-ring (bicyclic) bond motifs is 1. The normalized spacial score (nSPS) is 39.0. The molecule has 1 saturated carbocycles. The van der Waals surface area contributed by atoms with Crippen LogP contribution in [0.3, 0.4) is 0 Å². The molecule has 3 heteroatoms. The Labute approximate surface area is 119 Å². The Morgan fingerprint density at radius 2 is 2.20 bits per heavy atom. The van der Waals surface area contributed by atoms with Gasteiger partial charge in [-0.3, -0.25) is 4.79 Å². The largest absolute Gasteiger partial charge is 0.508 e. The average Bonchev–Trinajstić information content (AvgIpc) is 2.39. The molecule has 1 aromatic carbocycles. The number of rotatable bonds is 0. The fraction of sp³-hybridized carbons (Fsp3) is 0.588. The number of benzene rings is 1. The van der Waals surface area contributed by atoms with E-state index in [0.29, 0.717) is 35.8 Å². The second-order valence-corrected chi connectivity index (χ2v) is 6.90. The standard InChI is InChI=1S/C17H21NO2/c1-10-7-11(19)9-17-5-6-18-14(16(10)17)8-12-13(17)3-2-4-15(12)20/h2-4,10,14,16,18,20H,5-9H2,1H3/t10-,14+,16-,17+/m0/s1. The van der Waals surface area contributed by atoms with Crippen molar-refractivity contribution in [2.45, 2.75) is 44.1 Å². The minimum Gasteiger partial charge on any atom is -0.508 e. The lowest BCUT2D eigenvalue weighted by Gasteiger charge is -2.57. The summed E-state index contributed by atoms with van der Waals surface area (Å²) in [5.74, 6) is 1.76. The van der Waals surface area contributed by atoms with E-state index in [2.05, 4.69) is 18.3 Å². The molecule has 0 unspecified atom stereocenters. The first-order valence-electron chi connectivity index (χ1n) is 7.68. The number of hydrogen-bond donors (Lipinski definition) is 2. The molecule has 2 N–H and O–H groups in total. The van der Waals surface area contributed by atoms with Crippen LogP contribution < -0.4 is 5.32 Å². The highest BCUT2D eigenvalue weighted by Gasteiger charge is 2.56. The maximum atomic E-state index is 12.2. The third-order valence-electron chi connectivity index (χ3n) is 5.84. The van der Waals surface area contributed by atoms with Crippen molar-refractivity contribution in [1.29, 1.82) is 0 Å². The van der Waals surface area contributed by atoms with Crippen molar-refractivity contribution in [3.05, 3.63) is 29.3 Å². The number of phenols is 1. The van der Waals surface area contributed by atoms with Crippen LogP contribution in [0.4, 0.5) is 0 Å². The van der Waals surface area contributed by atoms with E-state index in [-0.39, 0.29) is 5.41 Å².